The number of nitrogen functional groups attached to an aromatic ring is 1. The van der Waals surface area contributed by atoms with Crippen LogP contribution in [0.5, 0.6) is 0 Å². The molecule has 1 atom stereocenters. The summed E-state index contributed by atoms with van der Waals surface area (Å²) in [5, 5.41) is 3.05. The zero-order chi connectivity index (χ0) is 15.7. The molecule has 0 amide bonds. The lowest BCUT2D eigenvalue weighted by Gasteiger charge is -2.14. The Kier molecular flexibility index (Phi) is 4.45. The molecule has 7 nitrogen and oxygen atoms in total. The third-order valence-corrected chi connectivity index (χ3v) is 6.76. The second-order valence-corrected chi connectivity index (χ2v) is 9.22. The minimum Gasteiger partial charge on any atom is -0.397 e. The molecule has 1 aromatic rings. The van der Waals surface area contributed by atoms with Crippen molar-refractivity contribution in [2.75, 3.05) is 36.1 Å². The van der Waals surface area contributed by atoms with Crippen LogP contribution in [0.2, 0.25) is 0 Å². The summed E-state index contributed by atoms with van der Waals surface area (Å²) in [6, 6.07) is 4.38. The zero-order valence-corrected chi connectivity index (χ0v) is 13.3. The molecule has 0 spiro atoms. The van der Waals surface area contributed by atoms with E-state index in [-0.39, 0.29) is 22.3 Å². The maximum atomic E-state index is 11.8. The van der Waals surface area contributed by atoms with Crippen molar-refractivity contribution in [2.24, 2.45) is 5.92 Å². The molecule has 4 N–H and O–H groups in total. The Morgan fingerprint density at radius 1 is 1.38 bits per heavy atom. The molecule has 1 aliphatic rings. The third-order valence-electron chi connectivity index (χ3n) is 3.51. The van der Waals surface area contributed by atoms with Crippen LogP contribution < -0.4 is 15.8 Å². The van der Waals surface area contributed by atoms with Crippen molar-refractivity contribution in [1.29, 1.82) is 0 Å². The van der Waals surface area contributed by atoms with Crippen LogP contribution >= 0.6 is 0 Å². The first-order chi connectivity index (χ1) is 9.73. The highest BCUT2D eigenvalue weighted by Crippen LogP contribution is 2.25. The molecule has 0 saturated carbocycles. The Labute approximate surface area is 124 Å². The molecule has 1 heterocycles. The molecule has 2 rings (SSSR count). The third kappa shape index (κ3) is 3.86. The van der Waals surface area contributed by atoms with Gasteiger partial charge >= 0.3 is 0 Å². The number of anilines is 2. The summed E-state index contributed by atoms with van der Waals surface area (Å²) in [7, 11) is -5.12. The van der Waals surface area contributed by atoms with Gasteiger partial charge in [-0.2, -0.15) is 0 Å². The van der Waals surface area contributed by atoms with Gasteiger partial charge in [-0.3, -0.25) is 0 Å². The molecule has 0 radical (unpaired) electrons. The van der Waals surface area contributed by atoms with Crippen LogP contribution in [-0.4, -0.2) is 41.9 Å². The van der Waals surface area contributed by atoms with Crippen molar-refractivity contribution in [2.45, 2.75) is 11.3 Å². The van der Waals surface area contributed by atoms with Crippen molar-refractivity contribution < 1.29 is 16.8 Å². The number of sulfone groups is 1. The van der Waals surface area contributed by atoms with E-state index in [9.17, 15) is 16.8 Å². The predicted molar refractivity (Wildman–Crippen MR) is 82.4 cm³/mol. The first kappa shape index (κ1) is 16.1. The van der Waals surface area contributed by atoms with Gasteiger partial charge < -0.3 is 11.1 Å². The van der Waals surface area contributed by atoms with Crippen LogP contribution in [0.4, 0.5) is 11.4 Å². The van der Waals surface area contributed by atoms with E-state index >= 15 is 0 Å². The van der Waals surface area contributed by atoms with Crippen LogP contribution in [0.25, 0.3) is 0 Å². The van der Waals surface area contributed by atoms with Crippen LogP contribution in [0, 0.1) is 5.92 Å². The largest absolute Gasteiger partial charge is 0.397 e. The minimum atomic E-state index is -3.53. The van der Waals surface area contributed by atoms with Crippen LogP contribution in [-0.2, 0) is 19.9 Å². The summed E-state index contributed by atoms with van der Waals surface area (Å²) in [6.07, 6.45) is 0.615. The van der Waals surface area contributed by atoms with Crippen molar-refractivity contribution in [1.82, 2.24) is 4.72 Å². The lowest BCUT2D eigenvalue weighted by Crippen LogP contribution is -2.20. The Hall–Kier alpha value is -1.32. The van der Waals surface area contributed by atoms with Crippen LogP contribution in [0.1, 0.15) is 6.42 Å². The van der Waals surface area contributed by atoms with Gasteiger partial charge in [0.25, 0.3) is 0 Å². The molecule has 1 unspecified atom stereocenters. The molecule has 1 fully saturated rings. The van der Waals surface area contributed by atoms with Gasteiger partial charge in [0.2, 0.25) is 10.0 Å². The van der Waals surface area contributed by atoms with Gasteiger partial charge in [0, 0.05) is 6.54 Å². The molecule has 118 valence electrons. The highest BCUT2D eigenvalue weighted by molar-refractivity contribution is 7.91. The maximum Gasteiger partial charge on any atom is 0.240 e. The molecular formula is C12H19N3O4S2. The van der Waals surface area contributed by atoms with Gasteiger partial charge in [0.05, 0.1) is 27.8 Å². The molecule has 0 aromatic heterocycles. The Morgan fingerprint density at radius 2 is 2.10 bits per heavy atom. The second-order valence-electron chi connectivity index (χ2n) is 5.11. The van der Waals surface area contributed by atoms with E-state index < -0.39 is 19.9 Å². The van der Waals surface area contributed by atoms with Gasteiger partial charge in [-0.25, -0.2) is 21.6 Å². The van der Waals surface area contributed by atoms with Gasteiger partial charge in [-0.1, -0.05) is 0 Å². The fraction of sp³-hybridized carbons (Fsp3) is 0.500. The monoisotopic (exact) mass is 333 g/mol. The first-order valence-corrected chi connectivity index (χ1v) is 9.81. The van der Waals surface area contributed by atoms with E-state index in [1.165, 1.54) is 25.2 Å². The van der Waals surface area contributed by atoms with E-state index in [2.05, 4.69) is 10.0 Å². The topological polar surface area (TPSA) is 118 Å². The number of nitrogens with two attached hydrogens (primary N) is 1. The van der Waals surface area contributed by atoms with Gasteiger partial charge in [0.1, 0.15) is 0 Å². The molecule has 0 bridgehead atoms. The second kappa shape index (κ2) is 5.82. The molecule has 1 aliphatic heterocycles. The summed E-state index contributed by atoms with van der Waals surface area (Å²) in [5.41, 5.74) is 6.73. The van der Waals surface area contributed by atoms with E-state index in [1.807, 2.05) is 0 Å². The number of nitrogens with one attached hydrogen (secondary N) is 2. The lowest BCUT2D eigenvalue weighted by molar-refractivity contribution is 0.588. The Balaban J connectivity index is 2.12. The highest BCUT2D eigenvalue weighted by Gasteiger charge is 2.27. The zero-order valence-electron chi connectivity index (χ0n) is 11.7. The summed E-state index contributed by atoms with van der Waals surface area (Å²) in [4.78, 5) is 0.112. The van der Waals surface area contributed by atoms with Crippen molar-refractivity contribution in [3.8, 4) is 0 Å². The SMILES string of the molecule is CNS(=O)(=O)c1ccc(N)c(NCC2CCS(=O)(=O)C2)c1. The standard InChI is InChI=1S/C12H19N3O4S2/c1-14-21(18,19)10-2-3-11(13)12(6-10)15-7-9-4-5-20(16,17)8-9/h2-3,6,9,14-15H,4-5,7-8,13H2,1H3. The molecule has 0 aliphatic carbocycles. The Morgan fingerprint density at radius 3 is 2.67 bits per heavy atom. The summed E-state index contributed by atoms with van der Waals surface area (Å²) < 4.78 is 48.5. The molecular weight excluding hydrogens is 314 g/mol. The van der Waals surface area contributed by atoms with Crippen LogP contribution in [0.15, 0.2) is 23.1 Å². The quantitative estimate of drug-likeness (QED) is 0.654. The smallest absolute Gasteiger partial charge is 0.240 e. The molecule has 9 heteroatoms. The number of hydrogen-bond donors (Lipinski definition) is 3. The average molecular weight is 333 g/mol. The highest BCUT2D eigenvalue weighted by atomic mass is 32.2. The number of benzene rings is 1. The van der Waals surface area contributed by atoms with E-state index in [1.54, 1.807) is 0 Å². The molecule has 21 heavy (non-hydrogen) atoms. The fourth-order valence-electron chi connectivity index (χ4n) is 2.26. The molecule has 1 saturated heterocycles. The maximum absolute atomic E-state index is 11.8. The predicted octanol–water partition coefficient (Wildman–Crippen LogP) is 0.0235. The summed E-state index contributed by atoms with van der Waals surface area (Å²) in [6.45, 7) is 0.451. The van der Waals surface area contributed by atoms with Crippen molar-refractivity contribution >= 4 is 31.2 Å². The summed E-state index contributed by atoms with van der Waals surface area (Å²) >= 11 is 0. The minimum absolute atomic E-state index is 0.0268. The number of sulfonamides is 1. The first-order valence-electron chi connectivity index (χ1n) is 6.51. The van der Waals surface area contributed by atoms with Crippen LogP contribution in [0.3, 0.4) is 0 Å². The normalized spacial score (nSPS) is 21.3. The van der Waals surface area contributed by atoms with Crippen molar-refractivity contribution in [3.63, 3.8) is 0 Å². The number of hydrogen-bond acceptors (Lipinski definition) is 6. The van der Waals surface area contributed by atoms with Gasteiger partial charge in [0.15, 0.2) is 9.84 Å². The number of rotatable bonds is 5. The van der Waals surface area contributed by atoms with Gasteiger partial charge in [-0.15, -0.1) is 0 Å². The van der Waals surface area contributed by atoms with E-state index in [4.69, 9.17) is 5.73 Å². The van der Waals surface area contributed by atoms with E-state index in [0.29, 0.717) is 24.3 Å². The van der Waals surface area contributed by atoms with Crippen molar-refractivity contribution in [3.05, 3.63) is 18.2 Å². The lowest BCUT2D eigenvalue weighted by atomic mass is 10.1. The molecule has 1 aromatic carbocycles. The van der Waals surface area contributed by atoms with Gasteiger partial charge in [-0.05, 0) is 37.6 Å². The van der Waals surface area contributed by atoms with E-state index in [0.717, 1.165) is 0 Å². The fourth-order valence-corrected chi connectivity index (χ4v) is 4.88. The Bertz CT molecular complexity index is 729. The average Bonchev–Trinajstić information content (AvgIpc) is 2.77. The summed E-state index contributed by atoms with van der Waals surface area (Å²) in [5.74, 6) is 0.399.